The van der Waals surface area contributed by atoms with Crippen molar-refractivity contribution < 1.29 is 4.79 Å². The molecule has 0 aromatic heterocycles. The molecule has 0 aliphatic carbocycles. The Labute approximate surface area is 144 Å². The maximum Gasteiger partial charge on any atom is 0.238 e. The third-order valence-corrected chi connectivity index (χ3v) is 4.48. The second-order valence-corrected chi connectivity index (χ2v) is 6.20. The summed E-state index contributed by atoms with van der Waals surface area (Å²) in [6.45, 7) is 6.33. The molecular weight excluding hydrogens is 298 g/mol. The minimum atomic E-state index is 0.0661. The van der Waals surface area contributed by atoms with Gasteiger partial charge in [0.2, 0.25) is 5.91 Å². The lowest BCUT2D eigenvalue weighted by Crippen LogP contribution is -2.48. The molecule has 2 aromatic carbocycles. The summed E-state index contributed by atoms with van der Waals surface area (Å²) >= 11 is 0. The fraction of sp³-hybridized carbons (Fsp3) is 0.350. The number of hydrogen-bond donors (Lipinski definition) is 1. The lowest BCUT2D eigenvalue weighted by molar-refractivity contribution is -0.117. The van der Waals surface area contributed by atoms with E-state index in [9.17, 15) is 4.79 Å². The maximum atomic E-state index is 12.3. The molecule has 1 saturated heterocycles. The molecule has 1 amide bonds. The van der Waals surface area contributed by atoms with Gasteiger partial charge in [-0.1, -0.05) is 37.3 Å². The van der Waals surface area contributed by atoms with Gasteiger partial charge in [0.25, 0.3) is 0 Å². The van der Waals surface area contributed by atoms with Gasteiger partial charge >= 0.3 is 0 Å². The van der Waals surface area contributed by atoms with Gasteiger partial charge in [0, 0.05) is 37.6 Å². The SMILES string of the molecule is CCc1cccc(NC(=O)CN2CCN(c3ccccc3)CC2)c1. The van der Waals surface area contributed by atoms with Crippen molar-refractivity contribution in [2.75, 3.05) is 42.9 Å². The molecule has 1 fully saturated rings. The van der Waals surface area contributed by atoms with E-state index in [0.717, 1.165) is 38.3 Å². The van der Waals surface area contributed by atoms with Gasteiger partial charge in [0.1, 0.15) is 0 Å². The molecule has 0 atom stereocenters. The third kappa shape index (κ3) is 4.36. The van der Waals surface area contributed by atoms with E-state index in [1.165, 1.54) is 11.3 Å². The number of benzene rings is 2. The summed E-state index contributed by atoms with van der Waals surface area (Å²) in [6.07, 6.45) is 0.977. The summed E-state index contributed by atoms with van der Waals surface area (Å²) in [5.74, 6) is 0.0661. The van der Waals surface area contributed by atoms with E-state index in [4.69, 9.17) is 0 Å². The highest BCUT2D eigenvalue weighted by atomic mass is 16.2. The number of anilines is 2. The Kier molecular flexibility index (Phi) is 5.49. The van der Waals surface area contributed by atoms with Crippen molar-refractivity contribution in [3.8, 4) is 0 Å². The molecule has 2 aromatic rings. The molecule has 1 heterocycles. The van der Waals surface area contributed by atoms with E-state index in [1.54, 1.807) is 0 Å². The van der Waals surface area contributed by atoms with Crippen LogP contribution in [0.25, 0.3) is 0 Å². The predicted molar refractivity (Wildman–Crippen MR) is 99.5 cm³/mol. The molecule has 3 rings (SSSR count). The first-order chi connectivity index (χ1) is 11.7. The van der Waals surface area contributed by atoms with Gasteiger partial charge < -0.3 is 10.2 Å². The Hall–Kier alpha value is -2.33. The van der Waals surface area contributed by atoms with Gasteiger partial charge in [-0.3, -0.25) is 9.69 Å². The van der Waals surface area contributed by atoms with Crippen molar-refractivity contribution >= 4 is 17.3 Å². The number of para-hydroxylation sites is 1. The number of nitrogens with zero attached hydrogens (tertiary/aromatic N) is 2. The zero-order valence-corrected chi connectivity index (χ0v) is 14.2. The molecule has 126 valence electrons. The molecule has 0 bridgehead atoms. The molecule has 24 heavy (non-hydrogen) atoms. The van der Waals surface area contributed by atoms with Crippen LogP contribution in [-0.2, 0) is 11.2 Å². The number of aryl methyl sites for hydroxylation is 1. The van der Waals surface area contributed by atoms with E-state index in [-0.39, 0.29) is 5.91 Å². The number of nitrogens with one attached hydrogen (secondary N) is 1. The average Bonchev–Trinajstić information content (AvgIpc) is 2.63. The molecule has 4 heteroatoms. The lowest BCUT2D eigenvalue weighted by Gasteiger charge is -2.35. The van der Waals surface area contributed by atoms with E-state index in [0.29, 0.717) is 6.54 Å². The molecule has 1 N–H and O–H groups in total. The third-order valence-electron chi connectivity index (χ3n) is 4.48. The molecule has 1 aliphatic heterocycles. The van der Waals surface area contributed by atoms with Gasteiger partial charge in [0.05, 0.1) is 6.54 Å². The van der Waals surface area contributed by atoms with Crippen molar-refractivity contribution in [3.63, 3.8) is 0 Å². The van der Waals surface area contributed by atoms with Crippen molar-refractivity contribution in [2.45, 2.75) is 13.3 Å². The van der Waals surface area contributed by atoms with Gasteiger partial charge in [-0.05, 0) is 36.2 Å². The largest absolute Gasteiger partial charge is 0.369 e. The van der Waals surface area contributed by atoms with Crippen LogP contribution in [0.15, 0.2) is 54.6 Å². The van der Waals surface area contributed by atoms with E-state index >= 15 is 0 Å². The number of piperazine rings is 1. The minimum Gasteiger partial charge on any atom is -0.369 e. The zero-order chi connectivity index (χ0) is 16.8. The Morgan fingerprint density at radius 3 is 2.46 bits per heavy atom. The standard InChI is InChI=1S/C20H25N3O/c1-2-17-7-6-8-18(15-17)21-20(24)16-22-11-13-23(14-12-22)19-9-4-3-5-10-19/h3-10,15H,2,11-14,16H2,1H3,(H,21,24). The molecule has 0 unspecified atom stereocenters. The van der Waals surface area contributed by atoms with E-state index in [2.05, 4.69) is 52.4 Å². The van der Waals surface area contributed by atoms with Crippen molar-refractivity contribution in [2.24, 2.45) is 0 Å². The summed E-state index contributed by atoms with van der Waals surface area (Å²) in [5, 5.41) is 3.01. The van der Waals surface area contributed by atoms with Gasteiger partial charge in [-0.15, -0.1) is 0 Å². The van der Waals surface area contributed by atoms with Crippen LogP contribution >= 0.6 is 0 Å². The smallest absolute Gasteiger partial charge is 0.238 e. The van der Waals surface area contributed by atoms with Crippen molar-refractivity contribution in [1.29, 1.82) is 0 Å². The van der Waals surface area contributed by atoms with Gasteiger partial charge in [-0.2, -0.15) is 0 Å². The summed E-state index contributed by atoms with van der Waals surface area (Å²) in [4.78, 5) is 16.9. The summed E-state index contributed by atoms with van der Waals surface area (Å²) in [7, 11) is 0. The Morgan fingerprint density at radius 2 is 1.75 bits per heavy atom. The first-order valence-corrected chi connectivity index (χ1v) is 8.66. The van der Waals surface area contributed by atoms with Gasteiger partial charge in [-0.25, -0.2) is 0 Å². The summed E-state index contributed by atoms with van der Waals surface area (Å²) in [5.41, 5.74) is 3.39. The summed E-state index contributed by atoms with van der Waals surface area (Å²) < 4.78 is 0. The number of carbonyl (C=O) groups excluding carboxylic acids is 1. The van der Waals surface area contributed by atoms with Crippen LogP contribution in [-0.4, -0.2) is 43.5 Å². The molecule has 0 radical (unpaired) electrons. The van der Waals surface area contributed by atoms with E-state index in [1.807, 2.05) is 24.3 Å². The van der Waals surface area contributed by atoms with Crippen LogP contribution in [0.5, 0.6) is 0 Å². The Balaban J connectivity index is 1.48. The number of rotatable bonds is 5. The normalized spacial score (nSPS) is 15.3. The highest BCUT2D eigenvalue weighted by Gasteiger charge is 2.19. The van der Waals surface area contributed by atoms with Gasteiger partial charge in [0.15, 0.2) is 0 Å². The molecule has 4 nitrogen and oxygen atoms in total. The fourth-order valence-electron chi connectivity index (χ4n) is 3.08. The highest BCUT2D eigenvalue weighted by Crippen LogP contribution is 2.16. The second-order valence-electron chi connectivity index (χ2n) is 6.20. The molecular formula is C20H25N3O. The number of carbonyl (C=O) groups is 1. The number of amides is 1. The van der Waals surface area contributed by atoms with Crippen molar-refractivity contribution in [3.05, 3.63) is 60.2 Å². The number of hydrogen-bond acceptors (Lipinski definition) is 3. The van der Waals surface area contributed by atoms with Crippen LogP contribution in [0.2, 0.25) is 0 Å². The topological polar surface area (TPSA) is 35.6 Å². The highest BCUT2D eigenvalue weighted by molar-refractivity contribution is 5.92. The Morgan fingerprint density at radius 1 is 1.00 bits per heavy atom. The first-order valence-electron chi connectivity index (χ1n) is 8.66. The Bertz CT molecular complexity index is 664. The van der Waals surface area contributed by atoms with E-state index < -0.39 is 0 Å². The van der Waals surface area contributed by atoms with Crippen LogP contribution < -0.4 is 10.2 Å². The lowest BCUT2D eigenvalue weighted by atomic mass is 10.1. The quantitative estimate of drug-likeness (QED) is 0.919. The fourth-order valence-corrected chi connectivity index (χ4v) is 3.08. The minimum absolute atomic E-state index is 0.0661. The maximum absolute atomic E-state index is 12.3. The van der Waals surface area contributed by atoms with Crippen LogP contribution in [0.1, 0.15) is 12.5 Å². The summed E-state index contributed by atoms with van der Waals surface area (Å²) in [6, 6.07) is 18.5. The van der Waals surface area contributed by atoms with Crippen LogP contribution in [0, 0.1) is 0 Å². The first kappa shape index (κ1) is 16.5. The zero-order valence-electron chi connectivity index (χ0n) is 14.2. The van der Waals surface area contributed by atoms with Crippen molar-refractivity contribution in [1.82, 2.24) is 4.90 Å². The second kappa shape index (κ2) is 7.97. The predicted octanol–water partition coefficient (Wildman–Crippen LogP) is 3.01. The van der Waals surface area contributed by atoms with Crippen LogP contribution in [0.3, 0.4) is 0 Å². The molecule has 1 aliphatic rings. The van der Waals surface area contributed by atoms with Crippen LogP contribution in [0.4, 0.5) is 11.4 Å². The molecule has 0 saturated carbocycles. The monoisotopic (exact) mass is 323 g/mol. The molecule has 0 spiro atoms. The average molecular weight is 323 g/mol.